The summed E-state index contributed by atoms with van der Waals surface area (Å²) in [5, 5.41) is 36.8. The van der Waals surface area contributed by atoms with Crippen LogP contribution in [0.5, 0.6) is 0 Å². The van der Waals surface area contributed by atoms with Gasteiger partial charge in [-0.2, -0.15) is 0 Å². The van der Waals surface area contributed by atoms with Crippen molar-refractivity contribution in [3.63, 3.8) is 0 Å². The normalized spacial score (nSPS) is 42.3. The molecule has 0 aromatic heterocycles. The van der Waals surface area contributed by atoms with E-state index in [0.29, 0.717) is 12.8 Å². The summed E-state index contributed by atoms with van der Waals surface area (Å²) >= 11 is 0. The molecule has 0 bridgehead atoms. The maximum absolute atomic E-state index is 13.9. The van der Waals surface area contributed by atoms with E-state index in [2.05, 4.69) is 5.32 Å². The van der Waals surface area contributed by atoms with Gasteiger partial charge in [-0.1, -0.05) is 20.8 Å². The van der Waals surface area contributed by atoms with Crippen LogP contribution in [0.4, 0.5) is 0 Å². The van der Waals surface area contributed by atoms with Crippen LogP contribution in [0.2, 0.25) is 0 Å². The van der Waals surface area contributed by atoms with Gasteiger partial charge in [0.25, 0.3) is 0 Å². The second-order valence-corrected chi connectivity index (χ2v) is 14.5. The molecular formula is C34H63N3O11. The molecule has 2 rings (SSSR count). The lowest BCUT2D eigenvalue weighted by Gasteiger charge is -2.48. The van der Waals surface area contributed by atoms with Crippen molar-refractivity contribution in [1.82, 2.24) is 10.2 Å². The highest BCUT2D eigenvalue weighted by atomic mass is 16.7. The van der Waals surface area contributed by atoms with Crippen LogP contribution in [0.3, 0.4) is 0 Å². The maximum atomic E-state index is 13.9. The monoisotopic (exact) mass is 689 g/mol. The van der Waals surface area contributed by atoms with Gasteiger partial charge in [0.1, 0.15) is 30.0 Å². The minimum absolute atomic E-state index is 0.00855. The van der Waals surface area contributed by atoms with Gasteiger partial charge < -0.3 is 55.0 Å². The summed E-state index contributed by atoms with van der Waals surface area (Å²) in [5.74, 6) is -4.35. The Balaban J connectivity index is 2.76. The number of nitrogens with two attached hydrogens (primary N) is 1. The third-order valence-corrected chi connectivity index (χ3v) is 10.2. The Kier molecular flexibility index (Phi) is 15.7. The van der Waals surface area contributed by atoms with Crippen molar-refractivity contribution in [3.8, 4) is 0 Å². The molecule has 0 aromatic rings. The van der Waals surface area contributed by atoms with E-state index in [1.54, 1.807) is 41.5 Å². The fourth-order valence-corrected chi connectivity index (χ4v) is 7.07. The highest BCUT2D eigenvalue weighted by molar-refractivity contribution is 5.79. The number of esters is 2. The number of cyclic esters (lactones) is 1. The van der Waals surface area contributed by atoms with E-state index in [0.717, 1.165) is 0 Å². The minimum Gasteiger partial charge on any atom is -0.461 e. The van der Waals surface area contributed by atoms with Gasteiger partial charge in [-0.3, -0.25) is 14.4 Å². The van der Waals surface area contributed by atoms with Crippen molar-refractivity contribution in [2.24, 2.45) is 23.5 Å². The zero-order valence-electron chi connectivity index (χ0n) is 30.8. The van der Waals surface area contributed by atoms with Crippen molar-refractivity contribution in [3.05, 3.63) is 0 Å². The van der Waals surface area contributed by atoms with Gasteiger partial charge in [0, 0.05) is 31.4 Å². The predicted octanol–water partition coefficient (Wildman–Crippen LogP) is 1.10. The molecule has 0 aliphatic carbocycles. The number of ether oxygens (including phenoxy) is 5. The summed E-state index contributed by atoms with van der Waals surface area (Å²) in [7, 11) is 5.19. The van der Waals surface area contributed by atoms with E-state index in [4.69, 9.17) is 29.4 Å². The van der Waals surface area contributed by atoms with Gasteiger partial charge in [0.15, 0.2) is 6.29 Å². The molecule has 2 saturated heterocycles. The van der Waals surface area contributed by atoms with Gasteiger partial charge in [-0.05, 0) is 80.9 Å². The molecule has 2 aliphatic heterocycles. The zero-order chi connectivity index (χ0) is 36.7. The number of methoxy groups -OCH3 is 1. The lowest BCUT2D eigenvalue weighted by Crippen LogP contribution is -2.60. The number of nitrogens with zero attached hydrogens (tertiary/aromatic N) is 1. The van der Waals surface area contributed by atoms with Gasteiger partial charge >= 0.3 is 11.9 Å². The van der Waals surface area contributed by atoms with Crippen molar-refractivity contribution in [2.45, 2.75) is 154 Å². The van der Waals surface area contributed by atoms with E-state index in [1.165, 1.54) is 14.0 Å². The largest absolute Gasteiger partial charge is 0.461 e. The highest BCUT2D eigenvalue weighted by Crippen LogP contribution is 2.39. The molecule has 0 spiro atoms. The first-order valence-corrected chi connectivity index (χ1v) is 17.3. The Bertz CT molecular complexity index is 1060. The zero-order valence-corrected chi connectivity index (χ0v) is 30.8. The number of rotatable bonds is 9. The SMILES string of the molecule is CC[C@H]1OC(=O)[C@H](C)[C@@H](OC(=O)CCCN)[C@H](C)[C@@H](O[C@@H]2O[C@H](C)C[C@H](N(C)C)[C@@H]2O)[C@](C)(OC)C[C@@H](C)C(=O)N[C@H](C)[C@@H](O)[C@]1(C)O. The molecule has 2 fully saturated rings. The summed E-state index contributed by atoms with van der Waals surface area (Å²) in [6, 6.07) is -1.21. The molecule has 14 nitrogen and oxygen atoms in total. The van der Waals surface area contributed by atoms with Crippen molar-refractivity contribution in [2.75, 3.05) is 27.7 Å². The lowest BCUT2D eigenvalue weighted by atomic mass is 9.77. The number of nitrogens with one attached hydrogen (secondary N) is 1. The fourth-order valence-electron chi connectivity index (χ4n) is 7.07. The third-order valence-electron chi connectivity index (χ3n) is 10.2. The topological polar surface area (TPSA) is 199 Å². The standard InChI is InChI=1S/C34H63N3O11/c1-12-24-34(8,43)28(40)22(6)36-30(41)18(2)17-33(7,44-11)29(48-32-26(39)23(37(9)10)16-19(3)45-32)20(4)27(21(5)31(42)46-24)47-25(38)14-13-15-35/h18-24,26-29,32,39-40,43H,12-17,35H2,1-11H3,(H,36,41)/t18-,19-,20+,21-,22-,23+,24-,26+,27+,28-,29-,32+,33-,34-/m1/s1. The summed E-state index contributed by atoms with van der Waals surface area (Å²) in [5.41, 5.74) is 2.43. The number of carbonyl (C=O) groups excluding carboxylic acids is 3. The average Bonchev–Trinajstić information content (AvgIpc) is 3.02. The molecule has 280 valence electrons. The van der Waals surface area contributed by atoms with Gasteiger partial charge in [-0.25, -0.2) is 0 Å². The summed E-state index contributed by atoms with van der Waals surface area (Å²) in [4.78, 5) is 42.4. The fraction of sp³-hybridized carbons (Fsp3) is 0.912. The minimum atomic E-state index is -1.94. The van der Waals surface area contributed by atoms with Gasteiger partial charge in [0.05, 0.1) is 29.8 Å². The van der Waals surface area contributed by atoms with Crippen LogP contribution in [0.25, 0.3) is 0 Å². The van der Waals surface area contributed by atoms with Crippen LogP contribution >= 0.6 is 0 Å². The summed E-state index contributed by atoms with van der Waals surface area (Å²) in [6.07, 6.45) is -6.12. The maximum Gasteiger partial charge on any atom is 0.312 e. The molecule has 2 heterocycles. The van der Waals surface area contributed by atoms with Crippen LogP contribution in [-0.4, -0.2) is 132 Å². The molecule has 0 saturated carbocycles. The number of hydrogen-bond acceptors (Lipinski definition) is 13. The van der Waals surface area contributed by atoms with E-state index in [1.807, 2.05) is 25.9 Å². The first-order valence-electron chi connectivity index (χ1n) is 17.3. The van der Waals surface area contributed by atoms with E-state index in [9.17, 15) is 29.7 Å². The van der Waals surface area contributed by atoms with Crippen LogP contribution in [0, 0.1) is 17.8 Å². The third kappa shape index (κ3) is 10.1. The number of likely N-dealkylation sites (N-methyl/N-ethyl adjacent to an activating group) is 1. The Morgan fingerprint density at radius 2 is 1.75 bits per heavy atom. The molecule has 14 heteroatoms. The van der Waals surface area contributed by atoms with Crippen LogP contribution < -0.4 is 11.1 Å². The number of carbonyl (C=O) groups is 3. The molecule has 48 heavy (non-hydrogen) atoms. The van der Waals surface area contributed by atoms with Crippen LogP contribution in [-0.2, 0) is 38.1 Å². The smallest absolute Gasteiger partial charge is 0.312 e. The number of amides is 1. The number of aliphatic hydroxyl groups excluding tert-OH is 2. The summed E-state index contributed by atoms with van der Waals surface area (Å²) < 4.78 is 30.8. The molecule has 1 amide bonds. The Hall–Kier alpha value is -1.91. The van der Waals surface area contributed by atoms with Gasteiger partial charge in [0.2, 0.25) is 5.91 Å². The molecular weight excluding hydrogens is 626 g/mol. The van der Waals surface area contributed by atoms with Gasteiger partial charge in [-0.15, -0.1) is 0 Å². The predicted molar refractivity (Wildman–Crippen MR) is 177 cm³/mol. The van der Waals surface area contributed by atoms with Crippen molar-refractivity contribution in [1.29, 1.82) is 0 Å². The molecule has 6 N–H and O–H groups in total. The van der Waals surface area contributed by atoms with Crippen LogP contribution in [0.1, 0.15) is 87.5 Å². The quantitative estimate of drug-likeness (QED) is 0.216. The first-order chi connectivity index (χ1) is 22.2. The van der Waals surface area contributed by atoms with E-state index in [-0.39, 0.29) is 38.0 Å². The van der Waals surface area contributed by atoms with Crippen molar-refractivity contribution >= 4 is 17.8 Å². The highest BCUT2D eigenvalue weighted by Gasteiger charge is 2.52. The Morgan fingerprint density at radius 3 is 2.29 bits per heavy atom. The molecule has 0 unspecified atom stereocenters. The Morgan fingerprint density at radius 1 is 1.12 bits per heavy atom. The molecule has 2 aliphatic rings. The lowest BCUT2D eigenvalue weighted by molar-refractivity contribution is -0.301. The molecule has 14 atom stereocenters. The second kappa shape index (κ2) is 17.8. The molecule has 0 aromatic carbocycles. The Labute approximate surface area is 286 Å². The van der Waals surface area contributed by atoms with E-state index >= 15 is 0 Å². The number of aliphatic hydroxyl groups is 3. The average molecular weight is 690 g/mol. The first kappa shape index (κ1) is 42.3. The molecule has 0 radical (unpaired) electrons. The van der Waals surface area contributed by atoms with E-state index < -0.39 is 89.7 Å². The second-order valence-electron chi connectivity index (χ2n) is 14.5. The van der Waals surface area contributed by atoms with Crippen LogP contribution in [0.15, 0.2) is 0 Å². The number of hydrogen-bond donors (Lipinski definition) is 5. The van der Waals surface area contributed by atoms with Crippen molar-refractivity contribution < 1.29 is 53.4 Å². The summed E-state index contributed by atoms with van der Waals surface area (Å²) in [6.45, 7) is 13.5.